The molecule has 0 bridgehead atoms. The molecule has 6 heteroatoms. The van der Waals surface area contributed by atoms with E-state index in [1.807, 2.05) is 49.6 Å². The van der Waals surface area contributed by atoms with Crippen molar-refractivity contribution < 1.29 is 9.18 Å². The minimum Gasteiger partial charge on any atom is -0.321 e. The Balaban J connectivity index is 1.94. The molecule has 0 spiro atoms. The van der Waals surface area contributed by atoms with Crippen LogP contribution in [0.4, 0.5) is 10.1 Å². The molecule has 3 rings (SSSR count). The van der Waals surface area contributed by atoms with E-state index in [-0.39, 0.29) is 10.6 Å². The number of amides is 1. The molecule has 2 aromatic carbocycles. The van der Waals surface area contributed by atoms with Crippen molar-refractivity contribution in [1.29, 1.82) is 5.26 Å². The van der Waals surface area contributed by atoms with Crippen LogP contribution in [0.25, 0.3) is 11.8 Å². The lowest BCUT2D eigenvalue weighted by Crippen LogP contribution is -2.13. The molecule has 1 heterocycles. The molecule has 0 fully saturated rings. The van der Waals surface area contributed by atoms with E-state index in [0.29, 0.717) is 11.4 Å². The highest BCUT2D eigenvalue weighted by Gasteiger charge is 2.15. The van der Waals surface area contributed by atoms with Crippen molar-refractivity contribution in [2.24, 2.45) is 0 Å². The first-order valence-electron chi connectivity index (χ1n) is 8.94. The summed E-state index contributed by atoms with van der Waals surface area (Å²) in [6.07, 6.45) is 1.55. The second kappa shape index (κ2) is 8.34. The zero-order chi connectivity index (χ0) is 21.1. The van der Waals surface area contributed by atoms with Gasteiger partial charge in [0.05, 0.1) is 5.02 Å². The number of halogens is 2. The number of nitriles is 1. The third kappa shape index (κ3) is 4.39. The van der Waals surface area contributed by atoms with Crippen molar-refractivity contribution in [3.8, 4) is 11.8 Å². The molecule has 0 aliphatic rings. The van der Waals surface area contributed by atoms with Crippen LogP contribution in [-0.4, -0.2) is 10.5 Å². The molecule has 0 aliphatic heterocycles. The molecule has 0 atom stereocenters. The molecule has 0 saturated carbocycles. The Morgan fingerprint density at radius 1 is 1.14 bits per heavy atom. The highest BCUT2D eigenvalue weighted by Crippen LogP contribution is 2.26. The SMILES string of the molecule is Cc1ccc(NC(=O)/C(C#N)=C\c2cc(C)n(-c3ccc(F)c(Cl)c3)c2C)cc1. The number of benzene rings is 2. The summed E-state index contributed by atoms with van der Waals surface area (Å²) >= 11 is 5.91. The number of nitrogens with one attached hydrogen (secondary N) is 1. The Morgan fingerprint density at radius 2 is 1.83 bits per heavy atom. The van der Waals surface area contributed by atoms with Crippen molar-refractivity contribution in [2.45, 2.75) is 20.8 Å². The summed E-state index contributed by atoms with van der Waals surface area (Å²) in [5.74, 6) is -0.969. The van der Waals surface area contributed by atoms with Crippen molar-refractivity contribution in [3.05, 3.63) is 87.5 Å². The number of carbonyl (C=O) groups is 1. The van der Waals surface area contributed by atoms with Gasteiger partial charge >= 0.3 is 0 Å². The third-order valence-corrected chi connectivity index (χ3v) is 4.90. The lowest BCUT2D eigenvalue weighted by atomic mass is 10.1. The van der Waals surface area contributed by atoms with E-state index in [1.165, 1.54) is 6.07 Å². The van der Waals surface area contributed by atoms with Gasteiger partial charge in [-0.15, -0.1) is 0 Å². The van der Waals surface area contributed by atoms with Gasteiger partial charge in [0.15, 0.2) is 0 Å². The molecule has 1 N–H and O–H groups in total. The third-order valence-electron chi connectivity index (χ3n) is 4.61. The summed E-state index contributed by atoms with van der Waals surface area (Å²) in [5, 5.41) is 12.2. The van der Waals surface area contributed by atoms with Crippen molar-refractivity contribution >= 4 is 29.3 Å². The Bertz CT molecular complexity index is 1150. The topological polar surface area (TPSA) is 57.8 Å². The minimum atomic E-state index is -0.488. The van der Waals surface area contributed by atoms with E-state index in [9.17, 15) is 14.4 Å². The average molecular weight is 408 g/mol. The van der Waals surface area contributed by atoms with E-state index < -0.39 is 11.7 Å². The summed E-state index contributed by atoms with van der Waals surface area (Å²) in [6, 6.07) is 15.6. The molecule has 0 saturated heterocycles. The van der Waals surface area contributed by atoms with Gasteiger partial charge in [0, 0.05) is 22.8 Å². The number of hydrogen-bond donors (Lipinski definition) is 1. The van der Waals surface area contributed by atoms with Gasteiger partial charge in [0.2, 0.25) is 0 Å². The number of aryl methyl sites for hydroxylation is 2. The smallest absolute Gasteiger partial charge is 0.266 e. The van der Waals surface area contributed by atoms with Crippen molar-refractivity contribution in [2.75, 3.05) is 5.32 Å². The fourth-order valence-corrected chi connectivity index (χ4v) is 3.27. The summed E-state index contributed by atoms with van der Waals surface area (Å²) < 4.78 is 15.4. The molecule has 4 nitrogen and oxygen atoms in total. The maximum Gasteiger partial charge on any atom is 0.266 e. The molecular weight excluding hydrogens is 389 g/mol. The molecule has 1 amide bonds. The Kier molecular flexibility index (Phi) is 5.86. The first kappa shape index (κ1) is 20.4. The Hall–Kier alpha value is -3.36. The summed E-state index contributed by atoms with van der Waals surface area (Å²) in [5.41, 5.74) is 4.78. The lowest BCUT2D eigenvalue weighted by molar-refractivity contribution is -0.112. The Labute approximate surface area is 173 Å². The van der Waals surface area contributed by atoms with Gasteiger partial charge in [-0.25, -0.2) is 4.39 Å². The predicted molar refractivity (Wildman–Crippen MR) is 114 cm³/mol. The summed E-state index contributed by atoms with van der Waals surface area (Å²) in [6.45, 7) is 5.71. The first-order chi connectivity index (χ1) is 13.8. The maximum absolute atomic E-state index is 13.5. The van der Waals surface area contributed by atoms with E-state index >= 15 is 0 Å². The van der Waals surface area contributed by atoms with E-state index in [1.54, 1.807) is 30.3 Å². The largest absolute Gasteiger partial charge is 0.321 e. The van der Waals surface area contributed by atoms with Gasteiger partial charge in [-0.2, -0.15) is 5.26 Å². The van der Waals surface area contributed by atoms with Crippen LogP contribution in [0.1, 0.15) is 22.5 Å². The number of nitrogens with zero attached hydrogens (tertiary/aromatic N) is 2. The fourth-order valence-electron chi connectivity index (χ4n) is 3.09. The van der Waals surface area contributed by atoms with Crippen molar-refractivity contribution in [3.63, 3.8) is 0 Å². The van der Waals surface area contributed by atoms with E-state index in [0.717, 1.165) is 22.5 Å². The molecule has 146 valence electrons. The van der Waals surface area contributed by atoms with Crippen LogP contribution in [0.2, 0.25) is 5.02 Å². The number of hydrogen-bond acceptors (Lipinski definition) is 2. The summed E-state index contributed by atoms with van der Waals surface area (Å²) in [7, 11) is 0. The fraction of sp³-hybridized carbons (Fsp3) is 0.130. The maximum atomic E-state index is 13.5. The highest BCUT2D eigenvalue weighted by atomic mass is 35.5. The minimum absolute atomic E-state index is 0.0111. The quantitative estimate of drug-likeness (QED) is 0.442. The van der Waals surface area contributed by atoms with Gasteiger partial charge in [-0.05, 0) is 68.8 Å². The average Bonchev–Trinajstić information content (AvgIpc) is 2.97. The van der Waals surface area contributed by atoms with Gasteiger partial charge in [-0.1, -0.05) is 29.3 Å². The predicted octanol–water partition coefficient (Wildman–Crippen LogP) is 5.74. The van der Waals surface area contributed by atoms with Crippen LogP contribution in [0.5, 0.6) is 0 Å². The number of anilines is 1. The Morgan fingerprint density at radius 3 is 2.45 bits per heavy atom. The second-order valence-electron chi connectivity index (χ2n) is 6.75. The van der Waals surface area contributed by atoms with Crippen LogP contribution in [0, 0.1) is 37.9 Å². The van der Waals surface area contributed by atoms with Crippen LogP contribution in [-0.2, 0) is 4.79 Å². The molecular formula is C23H19ClFN3O. The van der Waals surface area contributed by atoms with Gasteiger partial charge < -0.3 is 9.88 Å². The monoisotopic (exact) mass is 407 g/mol. The number of carbonyl (C=O) groups excluding carboxylic acids is 1. The molecule has 3 aromatic rings. The van der Waals surface area contributed by atoms with Gasteiger partial charge in [-0.3, -0.25) is 4.79 Å². The van der Waals surface area contributed by atoms with Gasteiger partial charge in [0.25, 0.3) is 5.91 Å². The molecule has 0 aliphatic carbocycles. The number of aromatic nitrogens is 1. The first-order valence-corrected chi connectivity index (χ1v) is 9.32. The normalized spacial score (nSPS) is 11.2. The van der Waals surface area contributed by atoms with Gasteiger partial charge in [0.1, 0.15) is 17.5 Å². The van der Waals surface area contributed by atoms with Crippen LogP contribution in [0.15, 0.2) is 54.1 Å². The van der Waals surface area contributed by atoms with Crippen LogP contribution < -0.4 is 5.32 Å². The standard InChI is InChI=1S/C23H19ClFN3O/c1-14-4-6-19(7-5-14)27-23(29)18(13-26)11-17-10-15(2)28(16(17)3)20-8-9-22(25)21(24)12-20/h4-12H,1-3H3,(H,27,29)/b18-11-. The van der Waals surface area contributed by atoms with Crippen LogP contribution >= 0.6 is 11.6 Å². The van der Waals surface area contributed by atoms with Crippen molar-refractivity contribution in [1.82, 2.24) is 4.57 Å². The highest BCUT2D eigenvalue weighted by molar-refractivity contribution is 6.30. The second-order valence-corrected chi connectivity index (χ2v) is 7.16. The lowest BCUT2D eigenvalue weighted by Gasteiger charge is -2.10. The summed E-state index contributed by atoms with van der Waals surface area (Å²) in [4.78, 5) is 12.5. The van der Waals surface area contributed by atoms with E-state index in [2.05, 4.69) is 5.32 Å². The molecule has 1 aromatic heterocycles. The zero-order valence-corrected chi connectivity index (χ0v) is 17.0. The van der Waals surface area contributed by atoms with E-state index in [4.69, 9.17) is 11.6 Å². The number of rotatable bonds is 4. The molecule has 29 heavy (non-hydrogen) atoms. The zero-order valence-electron chi connectivity index (χ0n) is 16.3. The van der Waals surface area contributed by atoms with Crippen LogP contribution in [0.3, 0.4) is 0 Å². The molecule has 0 radical (unpaired) electrons. The molecule has 0 unspecified atom stereocenters.